The maximum atomic E-state index is 14.0. The van der Waals surface area contributed by atoms with Crippen LogP contribution in [0.4, 0.5) is 17.6 Å². The Hall–Kier alpha value is -1.23. The molecule has 33 heavy (non-hydrogen) atoms. The Bertz CT molecular complexity index is 800. The van der Waals surface area contributed by atoms with Crippen molar-refractivity contribution in [3.8, 4) is 5.75 Å². The van der Waals surface area contributed by atoms with E-state index in [4.69, 9.17) is 11.6 Å². The molecule has 0 spiro atoms. The Balaban J connectivity index is 1.71. The predicted molar refractivity (Wildman–Crippen MR) is 122 cm³/mol. The van der Waals surface area contributed by atoms with Gasteiger partial charge in [-0.3, -0.25) is 9.69 Å². The van der Waals surface area contributed by atoms with Gasteiger partial charge in [0.2, 0.25) is 5.92 Å². The molecule has 1 saturated carbocycles. The van der Waals surface area contributed by atoms with Gasteiger partial charge in [-0.25, -0.2) is 13.1 Å². The van der Waals surface area contributed by atoms with Gasteiger partial charge >= 0.3 is 6.61 Å². The fourth-order valence-corrected chi connectivity index (χ4v) is 5.44. The molecule has 0 atom stereocenters. The molecule has 0 bridgehead atoms. The Labute approximate surface area is 201 Å². The third-order valence-corrected chi connectivity index (χ3v) is 7.84. The zero-order valence-electron chi connectivity index (χ0n) is 18.6. The van der Waals surface area contributed by atoms with E-state index in [1.807, 2.05) is 0 Å². The number of carbonyl (C=O) groups is 1. The number of hydrogen-bond acceptors (Lipinski definition) is 5. The molecular formula is C22H30ClF4N3O2S. The number of benzene rings is 1. The van der Waals surface area contributed by atoms with Crippen LogP contribution in [0, 0.1) is 0 Å². The zero-order chi connectivity index (χ0) is 24.1. The maximum Gasteiger partial charge on any atom is 0.387 e. The van der Waals surface area contributed by atoms with Gasteiger partial charge in [0.15, 0.2) is 0 Å². The van der Waals surface area contributed by atoms with E-state index in [0.29, 0.717) is 0 Å². The number of carbonyl (C=O) groups excluding carboxylic acids is 1. The Kier molecular flexibility index (Phi) is 9.16. The topological polar surface area (TPSA) is 44.8 Å². The SMILES string of the molecule is CCCSN1CCN(C2(CNC(=O)c3ccc(Cl)cc3OC(F)F)CCC(F)(F)CC2)CC1. The van der Waals surface area contributed by atoms with Crippen LogP contribution in [0.2, 0.25) is 5.02 Å². The first-order valence-electron chi connectivity index (χ1n) is 11.2. The van der Waals surface area contributed by atoms with Crippen LogP contribution >= 0.6 is 23.5 Å². The second kappa shape index (κ2) is 11.5. The second-order valence-electron chi connectivity index (χ2n) is 8.53. The van der Waals surface area contributed by atoms with E-state index in [2.05, 4.69) is 26.2 Å². The summed E-state index contributed by atoms with van der Waals surface area (Å²) in [7, 11) is 0. The molecule has 0 unspecified atom stereocenters. The van der Waals surface area contributed by atoms with Gasteiger partial charge in [-0.2, -0.15) is 8.78 Å². The third kappa shape index (κ3) is 7.13. The van der Waals surface area contributed by atoms with Gasteiger partial charge in [0, 0.05) is 61.9 Å². The van der Waals surface area contributed by atoms with Gasteiger partial charge in [0.1, 0.15) is 5.75 Å². The van der Waals surface area contributed by atoms with Gasteiger partial charge in [-0.1, -0.05) is 30.5 Å². The molecular weight excluding hydrogens is 482 g/mol. The van der Waals surface area contributed by atoms with Crippen LogP contribution in [0.15, 0.2) is 18.2 Å². The van der Waals surface area contributed by atoms with Crippen LogP contribution in [0.1, 0.15) is 49.4 Å². The van der Waals surface area contributed by atoms with E-state index in [1.54, 1.807) is 11.9 Å². The van der Waals surface area contributed by atoms with E-state index in [9.17, 15) is 22.4 Å². The molecule has 186 valence electrons. The highest BCUT2D eigenvalue weighted by Crippen LogP contribution is 2.42. The molecule has 1 aromatic carbocycles. The van der Waals surface area contributed by atoms with Gasteiger partial charge in [-0.05, 0) is 37.5 Å². The molecule has 1 saturated heterocycles. The second-order valence-corrected chi connectivity index (χ2v) is 10.2. The number of nitrogens with zero attached hydrogens (tertiary/aromatic N) is 2. The lowest BCUT2D eigenvalue weighted by Crippen LogP contribution is -2.62. The van der Waals surface area contributed by atoms with Crippen molar-refractivity contribution < 1.29 is 27.1 Å². The average Bonchev–Trinajstić information content (AvgIpc) is 2.77. The number of amides is 1. The average molecular weight is 512 g/mol. The highest BCUT2D eigenvalue weighted by atomic mass is 35.5. The first-order chi connectivity index (χ1) is 15.6. The maximum absolute atomic E-state index is 14.0. The summed E-state index contributed by atoms with van der Waals surface area (Å²) < 4.78 is 60.3. The lowest BCUT2D eigenvalue weighted by Gasteiger charge is -2.50. The van der Waals surface area contributed by atoms with E-state index in [0.717, 1.165) is 44.4 Å². The molecule has 1 aliphatic heterocycles. The number of piperazine rings is 1. The van der Waals surface area contributed by atoms with Crippen LogP contribution in [-0.4, -0.2) is 71.7 Å². The lowest BCUT2D eigenvalue weighted by molar-refractivity contribution is -0.0854. The zero-order valence-corrected chi connectivity index (χ0v) is 20.2. The van der Waals surface area contributed by atoms with Crippen LogP contribution in [-0.2, 0) is 0 Å². The minimum Gasteiger partial charge on any atom is -0.434 e. The van der Waals surface area contributed by atoms with E-state index in [1.165, 1.54) is 12.1 Å². The van der Waals surface area contributed by atoms with Gasteiger partial charge in [-0.15, -0.1) is 0 Å². The molecule has 0 radical (unpaired) electrons. The molecule has 0 aromatic heterocycles. The van der Waals surface area contributed by atoms with Crippen molar-refractivity contribution in [3.63, 3.8) is 0 Å². The standard InChI is InChI=1S/C22H30ClF4N3O2S/c1-2-13-33-30-11-9-29(10-12-30)21(5-7-22(26,27)8-6-21)15-28-19(31)17-4-3-16(23)14-18(17)32-20(24)25/h3-4,14,20H,2,5-13,15H2,1H3,(H,28,31). The predicted octanol–water partition coefficient (Wildman–Crippen LogP) is 5.30. The summed E-state index contributed by atoms with van der Waals surface area (Å²) in [5, 5.41) is 2.96. The molecule has 5 nitrogen and oxygen atoms in total. The van der Waals surface area contributed by atoms with Gasteiger partial charge in [0.05, 0.1) is 5.56 Å². The summed E-state index contributed by atoms with van der Waals surface area (Å²) in [5.41, 5.74) is -0.675. The summed E-state index contributed by atoms with van der Waals surface area (Å²) >= 11 is 7.66. The van der Waals surface area contributed by atoms with Crippen molar-refractivity contribution in [1.82, 2.24) is 14.5 Å². The van der Waals surface area contributed by atoms with Crippen molar-refractivity contribution in [2.24, 2.45) is 0 Å². The van der Waals surface area contributed by atoms with Crippen LogP contribution < -0.4 is 10.1 Å². The minimum atomic E-state index is -3.11. The molecule has 1 aliphatic carbocycles. The number of rotatable bonds is 9. The third-order valence-electron chi connectivity index (χ3n) is 6.28. The highest BCUT2D eigenvalue weighted by molar-refractivity contribution is 7.97. The quantitative estimate of drug-likeness (QED) is 0.360. The fourth-order valence-electron chi connectivity index (χ4n) is 4.42. The van der Waals surface area contributed by atoms with Crippen molar-refractivity contribution in [2.75, 3.05) is 38.5 Å². The number of alkyl halides is 4. The van der Waals surface area contributed by atoms with Gasteiger partial charge in [0.25, 0.3) is 5.91 Å². The number of ether oxygens (including phenoxy) is 1. The number of nitrogens with one attached hydrogen (secondary N) is 1. The molecule has 1 N–H and O–H groups in total. The minimum absolute atomic E-state index is 0.0724. The molecule has 2 fully saturated rings. The highest BCUT2D eigenvalue weighted by Gasteiger charge is 2.47. The summed E-state index contributed by atoms with van der Waals surface area (Å²) in [6.07, 6.45) is 1.10. The van der Waals surface area contributed by atoms with E-state index < -0.39 is 24.0 Å². The molecule has 11 heteroatoms. The first kappa shape index (κ1) is 26.4. The molecule has 1 aromatic rings. The number of halogens is 5. The van der Waals surface area contributed by atoms with Crippen molar-refractivity contribution in [3.05, 3.63) is 28.8 Å². The monoisotopic (exact) mass is 511 g/mol. The van der Waals surface area contributed by atoms with Gasteiger partial charge < -0.3 is 10.1 Å². The molecule has 1 heterocycles. The van der Waals surface area contributed by atoms with Crippen molar-refractivity contribution in [2.45, 2.75) is 57.1 Å². The smallest absolute Gasteiger partial charge is 0.387 e. The molecule has 2 aliphatic rings. The summed E-state index contributed by atoms with van der Waals surface area (Å²) in [6, 6.07) is 3.90. The molecule has 3 rings (SSSR count). The Morgan fingerprint density at radius 1 is 1.18 bits per heavy atom. The van der Waals surface area contributed by atoms with Crippen LogP contribution in [0.3, 0.4) is 0 Å². The molecule has 1 amide bonds. The lowest BCUT2D eigenvalue weighted by atomic mass is 9.78. The van der Waals surface area contributed by atoms with E-state index >= 15 is 0 Å². The Morgan fingerprint density at radius 2 is 1.85 bits per heavy atom. The Morgan fingerprint density at radius 3 is 2.45 bits per heavy atom. The fraction of sp³-hybridized carbons (Fsp3) is 0.682. The summed E-state index contributed by atoms with van der Waals surface area (Å²) in [4.78, 5) is 15.1. The first-order valence-corrected chi connectivity index (χ1v) is 12.5. The summed E-state index contributed by atoms with van der Waals surface area (Å²) in [6.45, 7) is 2.25. The van der Waals surface area contributed by atoms with Crippen LogP contribution in [0.5, 0.6) is 5.75 Å². The van der Waals surface area contributed by atoms with Crippen molar-refractivity contribution in [1.29, 1.82) is 0 Å². The van der Waals surface area contributed by atoms with E-state index in [-0.39, 0.29) is 48.6 Å². The van der Waals surface area contributed by atoms with Crippen molar-refractivity contribution >= 4 is 29.5 Å². The number of hydrogen-bond donors (Lipinski definition) is 1. The van der Waals surface area contributed by atoms with Crippen LogP contribution in [0.25, 0.3) is 0 Å². The normalized spacial score (nSPS) is 21.2. The largest absolute Gasteiger partial charge is 0.434 e. The summed E-state index contributed by atoms with van der Waals surface area (Å²) in [5.74, 6) is -2.59.